The number of carbonyl (C=O) groups is 1. The summed E-state index contributed by atoms with van der Waals surface area (Å²) in [6, 6.07) is 0. The molecule has 0 spiro atoms. The summed E-state index contributed by atoms with van der Waals surface area (Å²) in [6.45, 7) is 11.4. The summed E-state index contributed by atoms with van der Waals surface area (Å²) in [7, 11) is 0. The van der Waals surface area contributed by atoms with Crippen LogP contribution in [0.4, 0.5) is 0 Å². The van der Waals surface area contributed by atoms with Crippen molar-refractivity contribution in [2.24, 2.45) is 5.73 Å². The predicted molar refractivity (Wildman–Crippen MR) is 50.8 cm³/mol. The minimum absolute atomic E-state index is 0.373. The van der Waals surface area contributed by atoms with Crippen molar-refractivity contribution in [1.29, 1.82) is 0 Å². The third-order valence-corrected chi connectivity index (χ3v) is 0.573. The average molecular weight is 173 g/mol. The summed E-state index contributed by atoms with van der Waals surface area (Å²) < 4.78 is 4.83. The van der Waals surface area contributed by atoms with Crippen molar-refractivity contribution in [3.63, 3.8) is 0 Å². The number of hydrogen-bond donors (Lipinski definition) is 1. The molecule has 0 saturated carbocycles. The van der Waals surface area contributed by atoms with E-state index in [1.807, 2.05) is 27.7 Å². The first-order valence-electron chi connectivity index (χ1n) is 3.92. The third kappa shape index (κ3) is 16.1. The van der Waals surface area contributed by atoms with E-state index in [2.05, 4.69) is 6.58 Å². The molecule has 0 rings (SSSR count). The predicted octanol–water partition coefficient (Wildman–Crippen LogP) is 1.48. The van der Waals surface area contributed by atoms with Gasteiger partial charge in [-0.05, 0) is 27.3 Å². The van der Waals surface area contributed by atoms with E-state index in [0.29, 0.717) is 0 Å². The standard InChI is InChI=1S/C7H12O2.C2H7N/c1-5-6(8)9-7(2,3)4;1-2-3/h5H,1H2,2-4H3;2-3H2,1H3. The topological polar surface area (TPSA) is 52.3 Å². The molecule has 0 unspecified atom stereocenters. The van der Waals surface area contributed by atoms with Gasteiger partial charge in [0.05, 0.1) is 0 Å². The fourth-order valence-corrected chi connectivity index (χ4v) is 0.343. The number of ether oxygens (including phenoxy) is 1. The minimum atomic E-state index is -0.398. The molecule has 0 fully saturated rings. The van der Waals surface area contributed by atoms with E-state index >= 15 is 0 Å². The molecule has 3 heteroatoms. The highest BCUT2D eigenvalue weighted by atomic mass is 16.6. The van der Waals surface area contributed by atoms with Crippen molar-refractivity contribution in [3.8, 4) is 0 Å². The minimum Gasteiger partial charge on any atom is -0.457 e. The van der Waals surface area contributed by atoms with Gasteiger partial charge >= 0.3 is 5.97 Å². The van der Waals surface area contributed by atoms with Crippen LogP contribution in [0.2, 0.25) is 0 Å². The number of esters is 1. The molecular formula is C9H19NO2. The average Bonchev–Trinajstić information content (AvgIpc) is 1.86. The zero-order chi connectivity index (χ0) is 10.2. The molecule has 0 aromatic heterocycles. The first kappa shape index (κ1) is 13.7. The van der Waals surface area contributed by atoms with Gasteiger partial charge in [-0.15, -0.1) is 0 Å². The second-order valence-electron chi connectivity index (χ2n) is 3.15. The van der Waals surface area contributed by atoms with Gasteiger partial charge in [-0.1, -0.05) is 13.5 Å². The van der Waals surface area contributed by atoms with Crippen LogP contribution < -0.4 is 5.73 Å². The van der Waals surface area contributed by atoms with Crippen molar-refractivity contribution in [2.45, 2.75) is 33.3 Å². The molecule has 0 aliphatic carbocycles. The van der Waals surface area contributed by atoms with Crippen LogP contribution in [0.1, 0.15) is 27.7 Å². The molecule has 72 valence electrons. The molecule has 0 aromatic carbocycles. The Kier molecular flexibility index (Phi) is 7.85. The first-order chi connectivity index (χ1) is 5.37. The number of carbonyl (C=O) groups excluding carboxylic acids is 1. The quantitative estimate of drug-likeness (QED) is 0.482. The second kappa shape index (κ2) is 6.85. The van der Waals surface area contributed by atoms with Gasteiger partial charge in [-0.2, -0.15) is 0 Å². The number of rotatable bonds is 1. The Labute approximate surface area is 74.6 Å². The zero-order valence-corrected chi connectivity index (χ0v) is 8.39. The molecule has 12 heavy (non-hydrogen) atoms. The van der Waals surface area contributed by atoms with Gasteiger partial charge in [-0.25, -0.2) is 4.79 Å². The fourth-order valence-electron chi connectivity index (χ4n) is 0.343. The Hall–Kier alpha value is -0.830. The maximum atomic E-state index is 10.5. The smallest absolute Gasteiger partial charge is 0.330 e. The fraction of sp³-hybridized carbons (Fsp3) is 0.667. The van der Waals surface area contributed by atoms with Gasteiger partial charge < -0.3 is 10.5 Å². The van der Waals surface area contributed by atoms with Crippen LogP contribution in [0.15, 0.2) is 12.7 Å². The Bertz CT molecular complexity index is 136. The first-order valence-corrected chi connectivity index (χ1v) is 3.92. The molecule has 0 radical (unpaired) electrons. The van der Waals surface area contributed by atoms with E-state index in [-0.39, 0.29) is 5.97 Å². The van der Waals surface area contributed by atoms with E-state index in [9.17, 15) is 4.79 Å². The third-order valence-electron chi connectivity index (χ3n) is 0.573. The van der Waals surface area contributed by atoms with Gasteiger partial charge in [0, 0.05) is 6.08 Å². The van der Waals surface area contributed by atoms with Gasteiger partial charge in [0.1, 0.15) is 5.60 Å². The lowest BCUT2D eigenvalue weighted by Crippen LogP contribution is -2.22. The Balaban J connectivity index is 0. The summed E-state index contributed by atoms with van der Waals surface area (Å²) in [4.78, 5) is 10.5. The lowest BCUT2D eigenvalue weighted by molar-refractivity contribution is -0.148. The zero-order valence-electron chi connectivity index (χ0n) is 8.39. The number of hydrogen-bond acceptors (Lipinski definition) is 3. The van der Waals surface area contributed by atoms with Crippen LogP contribution in [0.25, 0.3) is 0 Å². The van der Waals surface area contributed by atoms with E-state index in [0.717, 1.165) is 12.6 Å². The molecule has 0 heterocycles. The van der Waals surface area contributed by atoms with Crippen LogP contribution in [-0.2, 0) is 9.53 Å². The van der Waals surface area contributed by atoms with E-state index in [4.69, 9.17) is 10.5 Å². The van der Waals surface area contributed by atoms with Crippen molar-refractivity contribution in [1.82, 2.24) is 0 Å². The molecule has 0 atom stereocenters. The normalized spacial score (nSPS) is 9.42. The molecule has 0 aromatic rings. The second-order valence-corrected chi connectivity index (χ2v) is 3.15. The summed E-state index contributed by atoms with van der Waals surface area (Å²) >= 11 is 0. The largest absolute Gasteiger partial charge is 0.457 e. The summed E-state index contributed by atoms with van der Waals surface area (Å²) in [5, 5.41) is 0. The molecule has 0 saturated heterocycles. The van der Waals surface area contributed by atoms with Crippen LogP contribution in [0, 0.1) is 0 Å². The van der Waals surface area contributed by atoms with Crippen LogP contribution in [0.5, 0.6) is 0 Å². The monoisotopic (exact) mass is 173 g/mol. The van der Waals surface area contributed by atoms with Gasteiger partial charge in [0.15, 0.2) is 0 Å². The highest BCUT2D eigenvalue weighted by Crippen LogP contribution is 2.06. The summed E-state index contributed by atoms with van der Waals surface area (Å²) in [6.07, 6.45) is 1.16. The van der Waals surface area contributed by atoms with Crippen LogP contribution in [-0.4, -0.2) is 18.1 Å². The maximum absolute atomic E-state index is 10.5. The van der Waals surface area contributed by atoms with Crippen LogP contribution in [0.3, 0.4) is 0 Å². The van der Waals surface area contributed by atoms with Crippen molar-refractivity contribution >= 4 is 5.97 Å². The van der Waals surface area contributed by atoms with E-state index in [1.165, 1.54) is 0 Å². The molecule has 0 amide bonds. The van der Waals surface area contributed by atoms with Crippen molar-refractivity contribution < 1.29 is 9.53 Å². The lowest BCUT2D eigenvalue weighted by atomic mass is 10.2. The SMILES string of the molecule is C=CC(=O)OC(C)(C)C.CCN. The lowest BCUT2D eigenvalue weighted by Gasteiger charge is -2.17. The molecule has 3 nitrogen and oxygen atoms in total. The van der Waals surface area contributed by atoms with Gasteiger partial charge in [0.2, 0.25) is 0 Å². The van der Waals surface area contributed by atoms with Crippen molar-refractivity contribution in [2.75, 3.05) is 6.54 Å². The highest BCUT2D eigenvalue weighted by molar-refractivity contribution is 5.81. The molecule has 0 aliphatic heterocycles. The number of nitrogens with two attached hydrogens (primary N) is 1. The maximum Gasteiger partial charge on any atom is 0.330 e. The Morgan fingerprint density at radius 3 is 2.00 bits per heavy atom. The Morgan fingerprint density at radius 1 is 1.58 bits per heavy atom. The molecule has 0 bridgehead atoms. The molecule has 2 N–H and O–H groups in total. The summed E-state index contributed by atoms with van der Waals surface area (Å²) in [5.74, 6) is -0.373. The van der Waals surface area contributed by atoms with Crippen molar-refractivity contribution in [3.05, 3.63) is 12.7 Å². The van der Waals surface area contributed by atoms with Gasteiger partial charge in [0.25, 0.3) is 0 Å². The summed E-state index contributed by atoms with van der Waals surface area (Å²) in [5.41, 5.74) is 4.45. The van der Waals surface area contributed by atoms with Crippen LogP contribution >= 0.6 is 0 Å². The van der Waals surface area contributed by atoms with E-state index < -0.39 is 5.60 Å². The Morgan fingerprint density at radius 2 is 1.92 bits per heavy atom. The molecule has 0 aliphatic rings. The highest BCUT2D eigenvalue weighted by Gasteiger charge is 2.12. The van der Waals surface area contributed by atoms with E-state index in [1.54, 1.807) is 0 Å². The molecular weight excluding hydrogens is 154 g/mol. The van der Waals surface area contributed by atoms with Gasteiger partial charge in [-0.3, -0.25) is 0 Å².